The molecule has 170 valence electrons. The van der Waals surface area contributed by atoms with Crippen molar-refractivity contribution < 1.29 is 33.3 Å². The van der Waals surface area contributed by atoms with Crippen molar-refractivity contribution in [1.29, 1.82) is 0 Å². The zero-order chi connectivity index (χ0) is 23.5. The summed E-state index contributed by atoms with van der Waals surface area (Å²) in [4.78, 5) is 35.9. The van der Waals surface area contributed by atoms with E-state index in [1.165, 1.54) is 33.5 Å². The van der Waals surface area contributed by atoms with Crippen LogP contribution in [0.3, 0.4) is 0 Å². The SMILES string of the molecule is CCCC(=O)Nc1ccc(C(=O)COC(=O)/C=C/c2cc(OC)c(OC)c(OC)c2)cc1. The second-order valence-electron chi connectivity index (χ2n) is 6.70. The van der Waals surface area contributed by atoms with Gasteiger partial charge < -0.3 is 24.3 Å². The van der Waals surface area contributed by atoms with Crippen LogP contribution in [0.5, 0.6) is 17.2 Å². The van der Waals surface area contributed by atoms with E-state index in [-0.39, 0.29) is 11.7 Å². The van der Waals surface area contributed by atoms with Crippen molar-refractivity contribution >= 4 is 29.4 Å². The average molecular weight is 441 g/mol. The second kappa shape index (κ2) is 12.1. The van der Waals surface area contributed by atoms with Crippen LogP contribution in [0.2, 0.25) is 0 Å². The predicted octanol–water partition coefficient (Wildman–Crippen LogP) is 3.89. The summed E-state index contributed by atoms with van der Waals surface area (Å²) in [6, 6.07) is 9.77. The molecule has 0 bridgehead atoms. The minimum absolute atomic E-state index is 0.0839. The summed E-state index contributed by atoms with van der Waals surface area (Å²) in [5, 5.41) is 2.74. The molecule has 0 spiro atoms. The quantitative estimate of drug-likeness (QED) is 0.321. The Morgan fingerprint density at radius 3 is 2.09 bits per heavy atom. The van der Waals surface area contributed by atoms with Gasteiger partial charge in [0.2, 0.25) is 11.7 Å². The van der Waals surface area contributed by atoms with Crippen LogP contribution in [0.1, 0.15) is 35.7 Å². The van der Waals surface area contributed by atoms with E-state index < -0.39 is 12.6 Å². The lowest BCUT2D eigenvalue weighted by Crippen LogP contribution is -2.13. The number of carbonyl (C=O) groups excluding carboxylic acids is 3. The highest BCUT2D eigenvalue weighted by Gasteiger charge is 2.13. The Morgan fingerprint density at radius 2 is 1.56 bits per heavy atom. The van der Waals surface area contributed by atoms with Crippen LogP contribution >= 0.6 is 0 Å². The van der Waals surface area contributed by atoms with Gasteiger partial charge in [0.05, 0.1) is 21.3 Å². The molecule has 0 aliphatic rings. The van der Waals surface area contributed by atoms with E-state index in [9.17, 15) is 14.4 Å². The molecule has 0 saturated heterocycles. The Balaban J connectivity index is 1.94. The monoisotopic (exact) mass is 441 g/mol. The largest absolute Gasteiger partial charge is 0.493 e. The Morgan fingerprint density at radius 1 is 0.938 bits per heavy atom. The lowest BCUT2D eigenvalue weighted by molar-refractivity contribution is -0.136. The summed E-state index contributed by atoms with van der Waals surface area (Å²) < 4.78 is 20.8. The summed E-state index contributed by atoms with van der Waals surface area (Å²) in [7, 11) is 4.49. The summed E-state index contributed by atoms with van der Waals surface area (Å²) in [5.74, 6) is 0.228. The van der Waals surface area contributed by atoms with Gasteiger partial charge in [0, 0.05) is 23.7 Å². The first-order valence-corrected chi connectivity index (χ1v) is 9.99. The summed E-state index contributed by atoms with van der Waals surface area (Å²) in [5.41, 5.74) is 1.61. The van der Waals surface area contributed by atoms with Crippen LogP contribution in [0.15, 0.2) is 42.5 Å². The van der Waals surface area contributed by atoms with Crippen molar-refractivity contribution in [2.45, 2.75) is 19.8 Å². The fourth-order valence-corrected chi connectivity index (χ4v) is 2.82. The zero-order valence-electron chi connectivity index (χ0n) is 18.6. The molecule has 8 nitrogen and oxygen atoms in total. The normalized spacial score (nSPS) is 10.5. The Bertz CT molecular complexity index is 955. The number of carbonyl (C=O) groups is 3. The summed E-state index contributed by atoms with van der Waals surface area (Å²) in [6.45, 7) is 1.52. The fourth-order valence-electron chi connectivity index (χ4n) is 2.82. The molecule has 0 saturated carbocycles. The van der Waals surface area contributed by atoms with Crippen LogP contribution in [0.25, 0.3) is 6.08 Å². The van der Waals surface area contributed by atoms with Gasteiger partial charge in [-0.15, -0.1) is 0 Å². The zero-order valence-corrected chi connectivity index (χ0v) is 18.6. The third-order valence-corrected chi connectivity index (χ3v) is 4.41. The molecule has 2 aromatic carbocycles. The minimum Gasteiger partial charge on any atom is -0.493 e. The molecule has 2 rings (SSSR count). The number of anilines is 1. The average Bonchev–Trinajstić information content (AvgIpc) is 2.80. The lowest BCUT2D eigenvalue weighted by atomic mass is 10.1. The minimum atomic E-state index is -0.671. The molecule has 0 aliphatic heterocycles. The highest BCUT2D eigenvalue weighted by molar-refractivity contribution is 5.99. The molecule has 1 amide bonds. The first-order chi connectivity index (χ1) is 15.4. The maximum atomic E-state index is 12.3. The third-order valence-electron chi connectivity index (χ3n) is 4.41. The van der Waals surface area contributed by atoms with E-state index in [0.717, 1.165) is 6.42 Å². The van der Waals surface area contributed by atoms with Crippen LogP contribution in [-0.2, 0) is 14.3 Å². The van der Waals surface area contributed by atoms with Gasteiger partial charge in [0.1, 0.15) is 0 Å². The highest BCUT2D eigenvalue weighted by Crippen LogP contribution is 2.38. The van der Waals surface area contributed by atoms with Crippen molar-refractivity contribution in [3.63, 3.8) is 0 Å². The van der Waals surface area contributed by atoms with Crippen LogP contribution < -0.4 is 19.5 Å². The summed E-state index contributed by atoms with van der Waals surface area (Å²) >= 11 is 0. The first-order valence-electron chi connectivity index (χ1n) is 9.99. The van der Waals surface area contributed by atoms with E-state index in [0.29, 0.717) is 40.5 Å². The van der Waals surface area contributed by atoms with Gasteiger partial charge in [0.15, 0.2) is 23.9 Å². The lowest BCUT2D eigenvalue weighted by Gasteiger charge is -2.12. The number of Topliss-reactive ketones (excluding diaryl/α,β-unsaturated/α-hetero) is 1. The molecule has 0 aromatic heterocycles. The number of hydrogen-bond acceptors (Lipinski definition) is 7. The van der Waals surface area contributed by atoms with Gasteiger partial charge in [-0.2, -0.15) is 0 Å². The number of methoxy groups -OCH3 is 3. The number of ketones is 1. The molecule has 0 unspecified atom stereocenters. The number of nitrogens with one attached hydrogen (secondary N) is 1. The molecule has 0 heterocycles. The molecular formula is C24H27NO7. The van der Waals surface area contributed by atoms with Gasteiger partial charge >= 0.3 is 5.97 Å². The summed E-state index contributed by atoms with van der Waals surface area (Å²) in [6.07, 6.45) is 3.91. The number of hydrogen-bond donors (Lipinski definition) is 1. The molecule has 0 atom stereocenters. The van der Waals surface area contributed by atoms with E-state index in [1.807, 2.05) is 6.92 Å². The number of rotatable bonds is 11. The number of ether oxygens (including phenoxy) is 4. The van der Waals surface area contributed by atoms with E-state index in [1.54, 1.807) is 36.4 Å². The van der Waals surface area contributed by atoms with Gasteiger partial charge in [-0.3, -0.25) is 9.59 Å². The molecule has 0 aliphatic carbocycles. The van der Waals surface area contributed by atoms with Crippen LogP contribution in [0.4, 0.5) is 5.69 Å². The standard InChI is InChI=1S/C24H27NO7/c1-5-6-22(27)25-18-10-8-17(9-11-18)19(26)15-32-23(28)12-7-16-13-20(29-2)24(31-4)21(14-16)30-3/h7-14H,5-6,15H2,1-4H3,(H,25,27)/b12-7+. The van der Waals surface area contributed by atoms with Crippen molar-refractivity contribution in [2.75, 3.05) is 33.3 Å². The molecule has 1 N–H and O–H groups in total. The third kappa shape index (κ3) is 6.87. The Kier molecular flexibility index (Phi) is 9.28. The smallest absolute Gasteiger partial charge is 0.331 e. The first kappa shape index (κ1) is 24.5. The van der Waals surface area contributed by atoms with Gasteiger partial charge in [-0.1, -0.05) is 6.92 Å². The van der Waals surface area contributed by atoms with Gasteiger partial charge in [-0.05, 0) is 54.5 Å². The Labute approximate surface area is 187 Å². The molecular weight excluding hydrogens is 414 g/mol. The van der Waals surface area contributed by atoms with E-state index >= 15 is 0 Å². The van der Waals surface area contributed by atoms with Crippen molar-refractivity contribution in [3.05, 3.63) is 53.6 Å². The highest BCUT2D eigenvalue weighted by atomic mass is 16.5. The van der Waals surface area contributed by atoms with Crippen LogP contribution in [0, 0.1) is 0 Å². The molecule has 8 heteroatoms. The number of esters is 1. The molecule has 0 fully saturated rings. The van der Waals surface area contributed by atoms with E-state index in [4.69, 9.17) is 18.9 Å². The van der Waals surface area contributed by atoms with Crippen molar-refractivity contribution in [1.82, 2.24) is 0 Å². The number of benzene rings is 2. The molecule has 0 radical (unpaired) electrons. The maximum Gasteiger partial charge on any atom is 0.331 e. The van der Waals surface area contributed by atoms with Crippen molar-refractivity contribution in [3.8, 4) is 17.2 Å². The molecule has 32 heavy (non-hydrogen) atoms. The Hall–Kier alpha value is -3.81. The second-order valence-corrected chi connectivity index (χ2v) is 6.70. The molecule has 2 aromatic rings. The number of amides is 1. The van der Waals surface area contributed by atoms with Crippen LogP contribution in [-0.4, -0.2) is 45.6 Å². The van der Waals surface area contributed by atoms with Gasteiger partial charge in [-0.25, -0.2) is 4.79 Å². The van der Waals surface area contributed by atoms with E-state index in [2.05, 4.69) is 5.32 Å². The topological polar surface area (TPSA) is 100 Å². The maximum absolute atomic E-state index is 12.3. The predicted molar refractivity (Wildman–Crippen MR) is 120 cm³/mol. The van der Waals surface area contributed by atoms with Gasteiger partial charge in [0.25, 0.3) is 0 Å². The van der Waals surface area contributed by atoms with Crippen molar-refractivity contribution in [2.24, 2.45) is 0 Å². The fraction of sp³-hybridized carbons (Fsp3) is 0.292.